The van der Waals surface area contributed by atoms with Gasteiger partial charge < -0.3 is 15.5 Å². The van der Waals surface area contributed by atoms with Gasteiger partial charge in [-0.25, -0.2) is 9.78 Å². The van der Waals surface area contributed by atoms with Crippen molar-refractivity contribution in [2.24, 2.45) is 11.8 Å². The molecule has 1 atom stereocenters. The van der Waals surface area contributed by atoms with Gasteiger partial charge in [0.15, 0.2) is 0 Å². The number of rotatable bonds is 10. The molecular weight excluding hydrogens is 362 g/mol. The fraction of sp³-hybridized carbons (Fsp3) is 0.739. The van der Waals surface area contributed by atoms with Gasteiger partial charge >= 0.3 is 6.03 Å². The van der Waals surface area contributed by atoms with E-state index in [1.54, 1.807) is 0 Å². The van der Waals surface area contributed by atoms with Gasteiger partial charge in [-0.15, -0.1) is 0 Å². The van der Waals surface area contributed by atoms with Gasteiger partial charge in [-0.2, -0.15) is 0 Å². The molecule has 0 spiro atoms. The fourth-order valence-electron chi connectivity index (χ4n) is 4.05. The first-order valence-corrected chi connectivity index (χ1v) is 11.4. The van der Waals surface area contributed by atoms with Crippen LogP contribution in [0.3, 0.4) is 0 Å². The van der Waals surface area contributed by atoms with Gasteiger partial charge in [0.05, 0.1) is 0 Å². The molecule has 1 aromatic rings. The monoisotopic (exact) mass is 403 g/mol. The van der Waals surface area contributed by atoms with Crippen molar-refractivity contribution in [3.05, 3.63) is 23.9 Å². The molecule has 0 aromatic carbocycles. The summed E-state index contributed by atoms with van der Waals surface area (Å²) in [4.78, 5) is 21.7. The van der Waals surface area contributed by atoms with Gasteiger partial charge in [-0.1, -0.05) is 40.7 Å². The number of anilines is 1. The fourth-order valence-corrected chi connectivity index (χ4v) is 4.05. The van der Waals surface area contributed by atoms with Crippen LogP contribution in [0.4, 0.5) is 10.6 Å². The predicted octanol–water partition coefficient (Wildman–Crippen LogP) is 3.87. The van der Waals surface area contributed by atoms with Crippen LogP contribution in [0.2, 0.25) is 0 Å². The predicted molar refractivity (Wildman–Crippen MR) is 121 cm³/mol. The van der Waals surface area contributed by atoms with Crippen LogP contribution in [0.15, 0.2) is 18.3 Å². The summed E-state index contributed by atoms with van der Waals surface area (Å²) in [5.41, 5.74) is 1.02. The Morgan fingerprint density at radius 3 is 2.45 bits per heavy atom. The van der Waals surface area contributed by atoms with Crippen LogP contribution in [0, 0.1) is 11.8 Å². The molecule has 1 saturated heterocycles. The molecule has 1 aromatic heterocycles. The molecule has 1 fully saturated rings. The van der Waals surface area contributed by atoms with E-state index in [-0.39, 0.29) is 6.03 Å². The lowest BCUT2D eigenvalue weighted by molar-refractivity contribution is 0.184. The summed E-state index contributed by atoms with van der Waals surface area (Å²) in [5, 5.41) is 6.02. The number of carbonyl (C=O) groups is 1. The maximum absolute atomic E-state index is 12.3. The topological polar surface area (TPSA) is 60.5 Å². The Morgan fingerprint density at radius 1 is 1.21 bits per heavy atom. The minimum atomic E-state index is -0.111. The average molecular weight is 404 g/mol. The average Bonchev–Trinajstić information content (AvgIpc) is 2.72. The molecule has 0 bridgehead atoms. The van der Waals surface area contributed by atoms with Crippen LogP contribution in [-0.2, 0) is 6.54 Å². The van der Waals surface area contributed by atoms with Crippen molar-refractivity contribution >= 4 is 11.8 Å². The third-order valence-electron chi connectivity index (χ3n) is 5.94. The number of piperidine rings is 1. The number of amides is 2. The zero-order valence-electron chi connectivity index (χ0n) is 19.1. The van der Waals surface area contributed by atoms with E-state index in [0.29, 0.717) is 25.0 Å². The summed E-state index contributed by atoms with van der Waals surface area (Å²) in [5.74, 6) is 2.47. The molecule has 164 valence electrons. The molecule has 29 heavy (non-hydrogen) atoms. The summed E-state index contributed by atoms with van der Waals surface area (Å²) in [6, 6.07) is 4.41. The Hall–Kier alpha value is -1.82. The number of hydrogen-bond acceptors (Lipinski definition) is 4. The molecule has 2 N–H and O–H groups in total. The van der Waals surface area contributed by atoms with Crippen molar-refractivity contribution in [2.75, 3.05) is 37.6 Å². The minimum Gasteiger partial charge on any atom is -0.357 e. The Kier molecular flexibility index (Phi) is 9.71. The second-order valence-corrected chi connectivity index (χ2v) is 8.76. The van der Waals surface area contributed by atoms with E-state index in [2.05, 4.69) is 72.2 Å². The molecule has 1 aliphatic rings. The number of nitrogens with one attached hydrogen (secondary N) is 2. The number of likely N-dealkylation sites (N-methyl/N-ethyl adjacent to an activating group) is 1. The highest BCUT2D eigenvalue weighted by molar-refractivity contribution is 5.73. The van der Waals surface area contributed by atoms with Gasteiger partial charge in [0.1, 0.15) is 5.82 Å². The zero-order chi connectivity index (χ0) is 21.2. The normalized spacial score (nSPS) is 16.3. The standard InChI is InChI=1S/C23H41N5O/c1-6-27(7-2)21(14-18(3)4)17-26-23(29)25-16-20-8-9-22(24-15-20)28-12-10-19(5)11-13-28/h8-9,15,18-19,21H,6-7,10-14,16-17H2,1-5H3,(H2,25,26,29). The van der Waals surface area contributed by atoms with Crippen molar-refractivity contribution in [1.82, 2.24) is 20.5 Å². The largest absolute Gasteiger partial charge is 0.357 e. The van der Waals surface area contributed by atoms with Crippen LogP contribution in [0.5, 0.6) is 0 Å². The van der Waals surface area contributed by atoms with Crippen molar-refractivity contribution in [2.45, 2.75) is 66.5 Å². The highest BCUT2D eigenvalue weighted by atomic mass is 16.2. The smallest absolute Gasteiger partial charge is 0.315 e. The number of hydrogen-bond donors (Lipinski definition) is 2. The molecular formula is C23H41N5O. The van der Waals surface area contributed by atoms with Crippen LogP contribution >= 0.6 is 0 Å². The highest BCUT2D eigenvalue weighted by Crippen LogP contribution is 2.21. The number of nitrogens with zero attached hydrogens (tertiary/aromatic N) is 3. The van der Waals surface area contributed by atoms with E-state index in [0.717, 1.165) is 49.9 Å². The zero-order valence-corrected chi connectivity index (χ0v) is 19.1. The van der Waals surface area contributed by atoms with Gasteiger partial charge in [0.25, 0.3) is 0 Å². The van der Waals surface area contributed by atoms with E-state index >= 15 is 0 Å². The molecule has 0 radical (unpaired) electrons. The van der Waals surface area contributed by atoms with E-state index in [9.17, 15) is 4.79 Å². The second-order valence-electron chi connectivity index (χ2n) is 8.76. The number of carbonyl (C=O) groups excluding carboxylic acids is 1. The molecule has 1 unspecified atom stereocenters. The third kappa shape index (κ3) is 7.84. The molecule has 1 aliphatic heterocycles. The summed E-state index contributed by atoms with van der Waals surface area (Å²) >= 11 is 0. The Morgan fingerprint density at radius 2 is 1.90 bits per heavy atom. The molecule has 6 heteroatoms. The molecule has 2 rings (SSSR count). The quantitative estimate of drug-likeness (QED) is 0.622. The molecule has 0 aliphatic carbocycles. The number of pyridine rings is 1. The van der Waals surface area contributed by atoms with Crippen LogP contribution in [-0.4, -0.2) is 54.7 Å². The minimum absolute atomic E-state index is 0.111. The molecule has 2 amide bonds. The van der Waals surface area contributed by atoms with E-state index in [1.165, 1.54) is 12.8 Å². The number of aromatic nitrogens is 1. The summed E-state index contributed by atoms with van der Waals surface area (Å²) in [7, 11) is 0. The van der Waals surface area contributed by atoms with Crippen molar-refractivity contribution in [3.63, 3.8) is 0 Å². The second kappa shape index (κ2) is 12.0. The van der Waals surface area contributed by atoms with Crippen LogP contribution < -0.4 is 15.5 Å². The first-order valence-electron chi connectivity index (χ1n) is 11.4. The molecule has 0 saturated carbocycles. The van der Waals surface area contributed by atoms with Crippen LogP contribution in [0.1, 0.15) is 59.4 Å². The Balaban J connectivity index is 1.77. The maximum atomic E-state index is 12.3. The Labute approximate surface area is 177 Å². The lowest BCUT2D eigenvalue weighted by atomic mass is 9.99. The van der Waals surface area contributed by atoms with E-state index in [4.69, 9.17) is 0 Å². The van der Waals surface area contributed by atoms with Gasteiger partial charge in [-0.3, -0.25) is 4.90 Å². The SMILES string of the molecule is CCN(CC)C(CNC(=O)NCc1ccc(N2CCC(C)CC2)nc1)CC(C)C. The molecule has 2 heterocycles. The lowest BCUT2D eigenvalue weighted by Crippen LogP contribution is -2.46. The van der Waals surface area contributed by atoms with E-state index in [1.807, 2.05) is 6.20 Å². The molecule has 6 nitrogen and oxygen atoms in total. The first-order chi connectivity index (χ1) is 13.9. The maximum Gasteiger partial charge on any atom is 0.315 e. The van der Waals surface area contributed by atoms with Gasteiger partial charge in [-0.05, 0) is 55.8 Å². The van der Waals surface area contributed by atoms with Crippen molar-refractivity contribution in [3.8, 4) is 0 Å². The van der Waals surface area contributed by atoms with Crippen LogP contribution in [0.25, 0.3) is 0 Å². The Bertz CT molecular complexity index is 592. The number of urea groups is 1. The summed E-state index contributed by atoms with van der Waals surface area (Å²) < 4.78 is 0. The summed E-state index contributed by atoms with van der Waals surface area (Å²) in [6.07, 6.45) is 5.43. The third-order valence-corrected chi connectivity index (χ3v) is 5.94. The summed E-state index contributed by atoms with van der Waals surface area (Å²) in [6.45, 7) is 16.5. The van der Waals surface area contributed by atoms with Gasteiger partial charge in [0, 0.05) is 38.4 Å². The van der Waals surface area contributed by atoms with Crippen molar-refractivity contribution < 1.29 is 4.79 Å². The van der Waals surface area contributed by atoms with E-state index < -0.39 is 0 Å². The van der Waals surface area contributed by atoms with Crippen molar-refractivity contribution in [1.29, 1.82) is 0 Å². The highest BCUT2D eigenvalue weighted by Gasteiger charge is 2.18. The van der Waals surface area contributed by atoms with Gasteiger partial charge in [0.2, 0.25) is 0 Å². The first kappa shape index (κ1) is 23.5. The lowest BCUT2D eigenvalue weighted by Gasteiger charge is -2.31.